The fourth-order valence-electron chi connectivity index (χ4n) is 3.18. The summed E-state index contributed by atoms with van der Waals surface area (Å²) in [6, 6.07) is 10.0. The molecule has 1 aliphatic rings. The summed E-state index contributed by atoms with van der Waals surface area (Å²) in [6.45, 7) is 8.20. The number of hydrogen-bond acceptors (Lipinski definition) is 2. The molecular weight excluding hydrogens is 324 g/mol. The SMILES string of the molecule is CCCNC(CCN1CCCCC1C)c1ccc(Br)cc1. The van der Waals surface area contributed by atoms with E-state index < -0.39 is 0 Å². The highest BCUT2D eigenvalue weighted by molar-refractivity contribution is 9.10. The van der Waals surface area contributed by atoms with Gasteiger partial charge in [0.1, 0.15) is 0 Å². The molecule has 0 aliphatic carbocycles. The van der Waals surface area contributed by atoms with Crippen molar-refractivity contribution in [2.24, 2.45) is 0 Å². The Labute approximate surface area is 138 Å². The predicted octanol–water partition coefficient (Wildman–Crippen LogP) is 4.75. The molecule has 21 heavy (non-hydrogen) atoms. The van der Waals surface area contributed by atoms with Crippen molar-refractivity contribution >= 4 is 15.9 Å². The lowest BCUT2D eigenvalue weighted by atomic mass is 10.00. The Morgan fingerprint density at radius 3 is 2.71 bits per heavy atom. The molecule has 1 aromatic carbocycles. The van der Waals surface area contributed by atoms with Gasteiger partial charge in [0.2, 0.25) is 0 Å². The fraction of sp³-hybridized carbons (Fsp3) is 0.667. The smallest absolute Gasteiger partial charge is 0.0332 e. The fourth-order valence-corrected chi connectivity index (χ4v) is 3.45. The number of rotatable bonds is 7. The van der Waals surface area contributed by atoms with Crippen LogP contribution < -0.4 is 5.32 Å². The summed E-state index contributed by atoms with van der Waals surface area (Å²) >= 11 is 3.53. The van der Waals surface area contributed by atoms with Crippen LogP contribution in [0.15, 0.2) is 28.7 Å². The molecule has 118 valence electrons. The summed E-state index contributed by atoms with van der Waals surface area (Å²) < 4.78 is 1.16. The van der Waals surface area contributed by atoms with Gasteiger partial charge in [-0.25, -0.2) is 0 Å². The van der Waals surface area contributed by atoms with Crippen LogP contribution in [0, 0.1) is 0 Å². The first-order valence-electron chi connectivity index (χ1n) is 8.43. The third-order valence-electron chi connectivity index (χ3n) is 4.56. The Balaban J connectivity index is 1.94. The minimum absolute atomic E-state index is 0.479. The van der Waals surface area contributed by atoms with Crippen LogP contribution in [-0.4, -0.2) is 30.6 Å². The lowest BCUT2D eigenvalue weighted by Gasteiger charge is -2.34. The zero-order valence-electron chi connectivity index (χ0n) is 13.4. The van der Waals surface area contributed by atoms with E-state index >= 15 is 0 Å². The van der Waals surface area contributed by atoms with Crippen LogP contribution in [0.3, 0.4) is 0 Å². The van der Waals surface area contributed by atoms with Gasteiger partial charge in [-0.3, -0.25) is 0 Å². The maximum absolute atomic E-state index is 3.72. The molecule has 1 aromatic rings. The van der Waals surface area contributed by atoms with Gasteiger partial charge in [-0.15, -0.1) is 0 Å². The maximum atomic E-state index is 3.72. The van der Waals surface area contributed by atoms with Crippen molar-refractivity contribution in [1.29, 1.82) is 0 Å². The van der Waals surface area contributed by atoms with Crippen LogP contribution in [0.5, 0.6) is 0 Å². The molecule has 0 aromatic heterocycles. The largest absolute Gasteiger partial charge is 0.310 e. The monoisotopic (exact) mass is 352 g/mol. The second-order valence-corrected chi connectivity index (χ2v) is 7.14. The summed E-state index contributed by atoms with van der Waals surface area (Å²) in [4.78, 5) is 2.67. The van der Waals surface area contributed by atoms with Crippen LogP contribution in [0.1, 0.15) is 57.6 Å². The Hall–Kier alpha value is -0.380. The van der Waals surface area contributed by atoms with Gasteiger partial charge < -0.3 is 10.2 Å². The molecule has 1 aliphatic heterocycles. The van der Waals surface area contributed by atoms with Crippen LogP contribution in [0.4, 0.5) is 0 Å². The summed E-state index contributed by atoms with van der Waals surface area (Å²) in [7, 11) is 0. The first-order chi connectivity index (χ1) is 10.2. The number of benzene rings is 1. The van der Waals surface area contributed by atoms with Gasteiger partial charge in [0, 0.05) is 23.1 Å². The molecule has 2 nitrogen and oxygen atoms in total. The Morgan fingerprint density at radius 2 is 2.05 bits per heavy atom. The molecule has 2 unspecified atom stereocenters. The number of nitrogens with one attached hydrogen (secondary N) is 1. The van der Waals surface area contributed by atoms with Gasteiger partial charge in [0.15, 0.2) is 0 Å². The lowest BCUT2D eigenvalue weighted by Crippen LogP contribution is -2.39. The number of likely N-dealkylation sites (tertiary alicyclic amines) is 1. The average Bonchev–Trinajstić information content (AvgIpc) is 2.50. The zero-order valence-corrected chi connectivity index (χ0v) is 15.0. The van der Waals surface area contributed by atoms with Gasteiger partial charge in [-0.05, 0) is 63.4 Å². The lowest BCUT2D eigenvalue weighted by molar-refractivity contribution is 0.153. The first kappa shape index (κ1) is 17.0. The minimum Gasteiger partial charge on any atom is -0.310 e. The zero-order chi connectivity index (χ0) is 15.1. The van der Waals surface area contributed by atoms with E-state index in [1.165, 1.54) is 50.8 Å². The molecule has 2 atom stereocenters. The molecule has 0 amide bonds. The Bertz CT molecular complexity index is 404. The first-order valence-corrected chi connectivity index (χ1v) is 9.23. The summed E-state index contributed by atoms with van der Waals surface area (Å²) in [5, 5.41) is 3.72. The topological polar surface area (TPSA) is 15.3 Å². The second kappa shape index (κ2) is 8.92. The summed E-state index contributed by atoms with van der Waals surface area (Å²) in [5.74, 6) is 0. The third-order valence-corrected chi connectivity index (χ3v) is 5.09. The van der Waals surface area contributed by atoms with Crippen LogP contribution in [0.25, 0.3) is 0 Å². The van der Waals surface area contributed by atoms with E-state index in [4.69, 9.17) is 0 Å². The molecule has 0 spiro atoms. The Kier molecular flexibility index (Phi) is 7.21. The van der Waals surface area contributed by atoms with Gasteiger partial charge in [0.25, 0.3) is 0 Å². The molecule has 1 saturated heterocycles. The normalized spacial score (nSPS) is 21.4. The van der Waals surface area contributed by atoms with Crippen LogP contribution in [-0.2, 0) is 0 Å². The number of halogens is 1. The van der Waals surface area contributed by atoms with E-state index in [0.29, 0.717) is 6.04 Å². The highest BCUT2D eigenvalue weighted by Crippen LogP contribution is 2.22. The van der Waals surface area contributed by atoms with Crippen LogP contribution >= 0.6 is 15.9 Å². The van der Waals surface area contributed by atoms with Crippen molar-refractivity contribution in [3.63, 3.8) is 0 Å². The van der Waals surface area contributed by atoms with Crippen molar-refractivity contribution in [1.82, 2.24) is 10.2 Å². The molecule has 1 heterocycles. The Morgan fingerprint density at radius 1 is 1.29 bits per heavy atom. The molecule has 2 rings (SSSR count). The quantitative estimate of drug-likeness (QED) is 0.761. The second-order valence-electron chi connectivity index (χ2n) is 6.23. The van der Waals surface area contributed by atoms with Crippen molar-refractivity contribution in [2.75, 3.05) is 19.6 Å². The number of piperidine rings is 1. The molecule has 0 saturated carbocycles. The highest BCUT2D eigenvalue weighted by atomic mass is 79.9. The summed E-state index contributed by atoms with van der Waals surface area (Å²) in [5.41, 5.74) is 1.41. The van der Waals surface area contributed by atoms with E-state index in [1.807, 2.05) is 0 Å². The van der Waals surface area contributed by atoms with Gasteiger partial charge in [0.05, 0.1) is 0 Å². The van der Waals surface area contributed by atoms with E-state index in [1.54, 1.807) is 0 Å². The number of hydrogen-bond donors (Lipinski definition) is 1. The number of nitrogens with zero attached hydrogens (tertiary/aromatic N) is 1. The third kappa shape index (κ3) is 5.39. The standard InChI is InChI=1S/C18H29BrN2/c1-3-12-20-18(16-7-9-17(19)10-8-16)11-14-21-13-5-4-6-15(21)2/h7-10,15,18,20H,3-6,11-14H2,1-2H3. The molecule has 1 fully saturated rings. The van der Waals surface area contributed by atoms with Gasteiger partial charge >= 0.3 is 0 Å². The predicted molar refractivity (Wildman–Crippen MR) is 94.7 cm³/mol. The summed E-state index contributed by atoms with van der Waals surface area (Å²) in [6.07, 6.45) is 6.53. The van der Waals surface area contributed by atoms with E-state index in [0.717, 1.165) is 17.1 Å². The molecule has 0 radical (unpaired) electrons. The molecule has 1 N–H and O–H groups in total. The van der Waals surface area contributed by atoms with E-state index in [2.05, 4.69) is 64.3 Å². The van der Waals surface area contributed by atoms with E-state index in [-0.39, 0.29) is 0 Å². The van der Waals surface area contributed by atoms with Crippen molar-refractivity contribution in [3.05, 3.63) is 34.3 Å². The minimum atomic E-state index is 0.479. The molecule has 0 bridgehead atoms. The molecular formula is C18H29BrN2. The maximum Gasteiger partial charge on any atom is 0.0332 e. The van der Waals surface area contributed by atoms with E-state index in [9.17, 15) is 0 Å². The average molecular weight is 353 g/mol. The van der Waals surface area contributed by atoms with Gasteiger partial charge in [-0.2, -0.15) is 0 Å². The van der Waals surface area contributed by atoms with Crippen LogP contribution in [0.2, 0.25) is 0 Å². The molecule has 3 heteroatoms. The van der Waals surface area contributed by atoms with Crippen molar-refractivity contribution in [2.45, 2.75) is 58.0 Å². The van der Waals surface area contributed by atoms with Crippen molar-refractivity contribution < 1.29 is 0 Å². The van der Waals surface area contributed by atoms with Crippen molar-refractivity contribution in [3.8, 4) is 0 Å². The van der Waals surface area contributed by atoms with Gasteiger partial charge in [-0.1, -0.05) is 41.4 Å². The highest BCUT2D eigenvalue weighted by Gasteiger charge is 2.19.